The zero-order valence-corrected chi connectivity index (χ0v) is 14.1. The van der Waals surface area contributed by atoms with Gasteiger partial charge in [-0.2, -0.15) is 5.26 Å². The number of pyridine rings is 1. The van der Waals surface area contributed by atoms with E-state index in [0.29, 0.717) is 17.9 Å². The number of aliphatic hydroxyl groups is 1. The third-order valence-electron chi connectivity index (χ3n) is 4.71. The van der Waals surface area contributed by atoms with Gasteiger partial charge in [-0.15, -0.1) is 0 Å². The summed E-state index contributed by atoms with van der Waals surface area (Å²) in [5, 5.41) is 19.1. The van der Waals surface area contributed by atoms with Crippen LogP contribution in [0.4, 0.5) is 5.82 Å². The van der Waals surface area contributed by atoms with Crippen molar-refractivity contribution in [1.29, 1.82) is 5.26 Å². The average Bonchev–Trinajstić information content (AvgIpc) is 2.65. The number of aromatic nitrogens is 1. The van der Waals surface area contributed by atoms with Crippen LogP contribution in [0.25, 0.3) is 11.3 Å². The predicted molar refractivity (Wildman–Crippen MR) is 96.0 cm³/mol. The van der Waals surface area contributed by atoms with Crippen LogP contribution in [0.2, 0.25) is 0 Å². The molecule has 1 aliphatic rings. The minimum absolute atomic E-state index is 0.0537. The molecule has 1 N–H and O–H groups in total. The quantitative estimate of drug-likeness (QED) is 0.918. The highest BCUT2D eigenvalue weighted by molar-refractivity contribution is 5.72. The van der Waals surface area contributed by atoms with E-state index in [1.54, 1.807) is 0 Å². The van der Waals surface area contributed by atoms with Gasteiger partial charge in [0.2, 0.25) is 0 Å². The fourth-order valence-corrected chi connectivity index (χ4v) is 3.52. The maximum absolute atomic E-state index is 9.77. The second-order valence-electron chi connectivity index (χ2n) is 6.10. The third kappa shape index (κ3) is 3.00. The first kappa shape index (κ1) is 16.5. The van der Waals surface area contributed by atoms with E-state index in [4.69, 9.17) is 4.98 Å². The molecule has 124 valence electrons. The van der Waals surface area contributed by atoms with Crippen LogP contribution in [0.3, 0.4) is 0 Å². The summed E-state index contributed by atoms with van der Waals surface area (Å²) in [6, 6.07) is 12.6. The van der Waals surface area contributed by atoms with Crippen molar-refractivity contribution in [3.8, 4) is 17.3 Å². The van der Waals surface area contributed by atoms with E-state index < -0.39 is 0 Å². The first-order valence-corrected chi connectivity index (χ1v) is 8.67. The summed E-state index contributed by atoms with van der Waals surface area (Å²) in [4.78, 5) is 6.91. The molecule has 0 fully saturated rings. The number of aliphatic hydroxyl groups excluding tert-OH is 1. The topological polar surface area (TPSA) is 60.1 Å². The van der Waals surface area contributed by atoms with Gasteiger partial charge in [0.1, 0.15) is 11.9 Å². The van der Waals surface area contributed by atoms with Gasteiger partial charge in [-0.1, -0.05) is 30.3 Å². The van der Waals surface area contributed by atoms with Gasteiger partial charge in [0.05, 0.1) is 17.9 Å². The first-order chi connectivity index (χ1) is 11.8. The molecule has 0 atom stereocenters. The molecule has 1 heterocycles. The summed E-state index contributed by atoms with van der Waals surface area (Å²) in [7, 11) is 0. The Hall–Kier alpha value is -2.38. The molecule has 0 aliphatic heterocycles. The fraction of sp³-hybridized carbons (Fsp3) is 0.400. The van der Waals surface area contributed by atoms with Crippen LogP contribution < -0.4 is 4.90 Å². The van der Waals surface area contributed by atoms with Crippen LogP contribution in [0.1, 0.15) is 36.5 Å². The van der Waals surface area contributed by atoms with Crippen LogP contribution in [0, 0.1) is 11.3 Å². The summed E-state index contributed by atoms with van der Waals surface area (Å²) >= 11 is 0. The Balaban J connectivity index is 2.24. The molecule has 0 saturated heterocycles. The van der Waals surface area contributed by atoms with E-state index in [-0.39, 0.29) is 6.61 Å². The van der Waals surface area contributed by atoms with Gasteiger partial charge >= 0.3 is 0 Å². The highest BCUT2D eigenvalue weighted by Crippen LogP contribution is 2.36. The lowest BCUT2D eigenvalue weighted by molar-refractivity contribution is 0.302. The smallest absolute Gasteiger partial charge is 0.147 e. The molecule has 4 nitrogen and oxygen atoms in total. The number of nitrogens with zero attached hydrogens (tertiary/aromatic N) is 3. The molecule has 1 aromatic carbocycles. The normalized spacial score (nSPS) is 13.2. The maximum Gasteiger partial charge on any atom is 0.147 e. The molecule has 1 aliphatic carbocycles. The molecule has 0 unspecified atom stereocenters. The second kappa shape index (κ2) is 7.46. The molecule has 4 heteroatoms. The maximum atomic E-state index is 9.77. The van der Waals surface area contributed by atoms with Crippen molar-refractivity contribution in [1.82, 2.24) is 4.98 Å². The molecular formula is C20H23N3O. The molecule has 2 aromatic rings. The number of fused-ring (bicyclic) bond motifs is 1. The van der Waals surface area contributed by atoms with Crippen LogP contribution >= 0.6 is 0 Å². The van der Waals surface area contributed by atoms with Gasteiger partial charge in [-0.25, -0.2) is 4.98 Å². The SMILES string of the molecule is CCN(CCO)c1nc(-c2ccccc2)c2c(c1C#N)CCCC2. The van der Waals surface area contributed by atoms with Gasteiger partial charge < -0.3 is 10.0 Å². The van der Waals surface area contributed by atoms with Crippen molar-refractivity contribution >= 4 is 5.82 Å². The molecule has 3 rings (SSSR count). The number of likely N-dealkylation sites (N-methyl/N-ethyl adjacent to an activating group) is 1. The van der Waals surface area contributed by atoms with Gasteiger partial charge in [0.25, 0.3) is 0 Å². The molecule has 0 saturated carbocycles. The van der Waals surface area contributed by atoms with Crippen LogP contribution in [0.5, 0.6) is 0 Å². The van der Waals surface area contributed by atoms with Crippen molar-refractivity contribution in [2.24, 2.45) is 0 Å². The molecule has 1 aromatic heterocycles. The van der Waals surface area contributed by atoms with E-state index in [1.165, 1.54) is 5.56 Å². The highest BCUT2D eigenvalue weighted by Gasteiger charge is 2.24. The van der Waals surface area contributed by atoms with Crippen molar-refractivity contribution < 1.29 is 5.11 Å². The molecule has 24 heavy (non-hydrogen) atoms. The Morgan fingerprint density at radius 3 is 2.50 bits per heavy atom. The Morgan fingerprint density at radius 1 is 1.17 bits per heavy atom. The predicted octanol–water partition coefficient (Wildman–Crippen LogP) is 3.32. The monoisotopic (exact) mass is 321 g/mol. The summed E-state index contributed by atoms with van der Waals surface area (Å²) < 4.78 is 0. The van der Waals surface area contributed by atoms with Crippen molar-refractivity contribution in [2.75, 3.05) is 24.6 Å². The van der Waals surface area contributed by atoms with E-state index in [2.05, 4.69) is 18.2 Å². The number of anilines is 1. The number of hydrogen-bond acceptors (Lipinski definition) is 4. The Morgan fingerprint density at radius 2 is 1.88 bits per heavy atom. The van der Waals surface area contributed by atoms with Gasteiger partial charge in [0, 0.05) is 18.7 Å². The average molecular weight is 321 g/mol. The Bertz CT molecular complexity index is 750. The van der Waals surface area contributed by atoms with E-state index in [1.807, 2.05) is 30.0 Å². The van der Waals surface area contributed by atoms with Gasteiger partial charge in [0.15, 0.2) is 0 Å². The highest BCUT2D eigenvalue weighted by atomic mass is 16.3. The molecule has 0 spiro atoms. The Kier molecular flexibility index (Phi) is 5.12. The van der Waals surface area contributed by atoms with E-state index in [9.17, 15) is 10.4 Å². The van der Waals surface area contributed by atoms with Crippen molar-refractivity contribution in [3.63, 3.8) is 0 Å². The minimum atomic E-state index is 0.0537. The number of rotatable bonds is 5. The second-order valence-corrected chi connectivity index (χ2v) is 6.10. The zero-order valence-electron chi connectivity index (χ0n) is 14.1. The van der Waals surface area contributed by atoms with Crippen LogP contribution in [-0.4, -0.2) is 29.8 Å². The lowest BCUT2D eigenvalue weighted by Crippen LogP contribution is -2.29. The van der Waals surface area contributed by atoms with Crippen molar-refractivity contribution in [2.45, 2.75) is 32.6 Å². The molecular weight excluding hydrogens is 298 g/mol. The van der Waals surface area contributed by atoms with Crippen LogP contribution in [0.15, 0.2) is 30.3 Å². The largest absolute Gasteiger partial charge is 0.395 e. The molecule has 0 bridgehead atoms. The minimum Gasteiger partial charge on any atom is -0.395 e. The van der Waals surface area contributed by atoms with E-state index in [0.717, 1.165) is 49.0 Å². The third-order valence-corrected chi connectivity index (χ3v) is 4.71. The lowest BCUT2D eigenvalue weighted by atomic mass is 9.86. The summed E-state index contributed by atoms with van der Waals surface area (Å²) in [6.07, 6.45) is 4.18. The summed E-state index contributed by atoms with van der Waals surface area (Å²) in [6.45, 7) is 3.29. The first-order valence-electron chi connectivity index (χ1n) is 8.67. The van der Waals surface area contributed by atoms with Gasteiger partial charge in [-0.3, -0.25) is 0 Å². The van der Waals surface area contributed by atoms with Crippen molar-refractivity contribution in [3.05, 3.63) is 47.0 Å². The van der Waals surface area contributed by atoms with Crippen LogP contribution in [-0.2, 0) is 12.8 Å². The fourth-order valence-electron chi connectivity index (χ4n) is 3.52. The number of benzene rings is 1. The lowest BCUT2D eigenvalue weighted by Gasteiger charge is -2.27. The van der Waals surface area contributed by atoms with Gasteiger partial charge in [-0.05, 0) is 43.7 Å². The zero-order chi connectivity index (χ0) is 16.9. The molecule has 0 amide bonds. The Labute approximate surface area is 143 Å². The van der Waals surface area contributed by atoms with E-state index >= 15 is 0 Å². The molecule has 0 radical (unpaired) electrons. The summed E-state index contributed by atoms with van der Waals surface area (Å²) in [5.41, 5.74) is 5.17. The number of nitriles is 1. The standard InChI is InChI=1S/C20H23N3O/c1-2-23(12-13-24)20-18(14-21)16-10-6-7-11-17(16)19(22-20)15-8-4-3-5-9-15/h3-5,8-9,24H,2,6-7,10-13H2,1H3. The number of hydrogen-bond donors (Lipinski definition) is 1. The summed E-state index contributed by atoms with van der Waals surface area (Å²) in [5.74, 6) is 0.716.